The van der Waals surface area contributed by atoms with Gasteiger partial charge in [0.2, 0.25) is 0 Å². The normalized spacial score (nSPS) is 12.8. The largest absolute Gasteiger partial charge is 0.480 e. The molecule has 0 saturated heterocycles. The lowest BCUT2D eigenvalue weighted by Crippen LogP contribution is -2.32. The summed E-state index contributed by atoms with van der Waals surface area (Å²) in [6, 6.07) is 9.87. The first-order valence-electron chi connectivity index (χ1n) is 7.99. The van der Waals surface area contributed by atoms with Crippen molar-refractivity contribution >= 4 is 33.3 Å². The molecule has 0 bridgehead atoms. The number of hydrogen-bond acceptors (Lipinski definition) is 4. The summed E-state index contributed by atoms with van der Waals surface area (Å²) in [5.74, 6) is -1.03. The Labute approximate surface area is 158 Å². The topological polar surface area (TPSA) is 109 Å². The number of benzene rings is 2. The van der Waals surface area contributed by atoms with Gasteiger partial charge in [-0.25, -0.2) is 8.42 Å². The molecule has 0 aliphatic rings. The molecule has 0 heterocycles. The Hall–Kier alpha value is -2.09. The molecule has 0 aliphatic carbocycles. The first-order chi connectivity index (χ1) is 12.1. The van der Waals surface area contributed by atoms with E-state index in [2.05, 4.69) is 4.72 Å². The van der Waals surface area contributed by atoms with Crippen LogP contribution in [0.25, 0.3) is 0 Å². The number of aliphatic carboxylic acids is 1. The zero-order valence-corrected chi connectivity index (χ0v) is 16.0. The van der Waals surface area contributed by atoms with Crippen LogP contribution in [0.3, 0.4) is 0 Å². The molecule has 0 aromatic heterocycles. The molecule has 0 spiro atoms. The molecule has 0 fully saturated rings. The fourth-order valence-electron chi connectivity index (χ4n) is 2.55. The standard InChI is InChI=1S/C18H21ClN2O4S/c1-11(2)16-8-7-15(9-12(16)10-17(20)18(22)23)26(24,25)21-14-5-3-13(19)4-6-14/h3-9,11,17,21H,10,20H2,1-2H3,(H,22,23)/t17-/m0/s1. The Morgan fingerprint density at radius 1 is 1.19 bits per heavy atom. The fourth-order valence-corrected chi connectivity index (χ4v) is 3.78. The second-order valence-electron chi connectivity index (χ2n) is 6.28. The van der Waals surface area contributed by atoms with E-state index in [4.69, 9.17) is 22.4 Å². The summed E-state index contributed by atoms with van der Waals surface area (Å²) in [6.45, 7) is 3.90. The molecule has 4 N–H and O–H groups in total. The molecule has 2 rings (SSSR count). The van der Waals surface area contributed by atoms with Gasteiger partial charge in [-0.2, -0.15) is 0 Å². The number of sulfonamides is 1. The maximum atomic E-state index is 12.6. The molecule has 26 heavy (non-hydrogen) atoms. The first-order valence-corrected chi connectivity index (χ1v) is 9.86. The van der Waals surface area contributed by atoms with E-state index >= 15 is 0 Å². The SMILES string of the molecule is CC(C)c1ccc(S(=O)(=O)Nc2ccc(Cl)cc2)cc1C[C@H](N)C(=O)O. The van der Waals surface area contributed by atoms with Gasteiger partial charge >= 0.3 is 5.97 Å². The van der Waals surface area contributed by atoms with Gasteiger partial charge in [-0.15, -0.1) is 0 Å². The molecular weight excluding hydrogens is 376 g/mol. The quantitative estimate of drug-likeness (QED) is 0.665. The predicted octanol–water partition coefficient (Wildman–Crippen LogP) is 3.22. The van der Waals surface area contributed by atoms with Crippen molar-refractivity contribution in [1.29, 1.82) is 0 Å². The highest BCUT2D eigenvalue weighted by Crippen LogP contribution is 2.25. The van der Waals surface area contributed by atoms with Gasteiger partial charge in [0.1, 0.15) is 6.04 Å². The van der Waals surface area contributed by atoms with Crippen molar-refractivity contribution in [1.82, 2.24) is 0 Å². The molecule has 0 saturated carbocycles. The van der Waals surface area contributed by atoms with Gasteiger partial charge < -0.3 is 10.8 Å². The minimum absolute atomic E-state index is 0.0458. The Morgan fingerprint density at radius 2 is 1.81 bits per heavy atom. The van der Waals surface area contributed by atoms with Crippen molar-refractivity contribution in [2.45, 2.75) is 37.1 Å². The van der Waals surface area contributed by atoms with Gasteiger partial charge in [0.05, 0.1) is 4.90 Å². The zero-order valence-electron chi connectivity index (χ0n) is 14.4. The highest BCUT2D eigenvalue weighted by molar-refractivity contribution is 7.92. The Bertz CT molecular complexity index is 896. The summed E-state index contributed by atoms with van der Waals surface area (Å²) in [4.78, 5) is 11.1. The van der Waals surface area contributed by atoms with Crippen LogP contribution in [-0.2, 0) is 21.2 Å². The summed E-state index contributed by atoms with van der Waals surface area (Å²) in [7, 11) is -3.83. The van der Waals surface area contributed by atoms with Crippen LogP contribution < -0.4 is 10.5 Å². The van der Waals surface area contributed by atoms with Crippen LogP contribution in [0.4, 0.5) is 5.69 Å². The first kappa shape index (κ1) is 20.2. The number of nitrogens with two attached hydrogens (primary N) is 1. The van der Waals surface area contributed by atoms with Crippen molar-refractivity contribution in [2.24, 2.45) is 5.73 Å². The third-order valence-corrected chi connectivity index (χ3v) is 5.53. The number of anilines is 1. The molecule has 0 amide bonds. The number of carbonyl (C=O) groups is 1. The van der Waals surface area contributed by atoms with Crippen molar-refractivity contribution in [3.05, 3.63) is 58.6 Å². The van der Waals surface area contributed by atoms with E-state index in [9.17, 15) is 13.2 Å². The number of hydrogen-bond donors (Lipinski definition) is 3. The lowest BCUT2D eigenvalue weighted by molar-refractivity contribution is -0.138. The van der Waals surface area contributed by atoms with E-state index in [0.717, 1.165) is 5.56 Å². The van der Waals surface area contributed by atoms with E-state index in [1.807, 2.05) is 13.8 Å². The summed E-state index contributed by atoms with van der Waals surface area (Å²) >= 11 is 5.80. The average molecular weight is 397 g/mol. The zero-order chi connectivity index (χ0) is 19.5. The third kappa shape index (κ3) is 4.97. The number of halogens is 1. The average Bonchev–Trinajstić information content (AvgIpc) is 2.56. The highest BCUT2D eigenvalue weighted by atomic mass is 35.5. The molecule has 2 aromatic carbocycles. The van der Waals surface area contributed by atoms with Crippen LogP contribution in [-0.4, -0.2) is 25.5 Å². The Kier molecular flexibility index (Phi) is 6.28. The summed E-state index contributed by atoms with van der Waals surface area (Å²) in [6.07, 6.45) is 0.0488. The van der Waals surface area contributed by atoms with Crippen LogP contribution in [0.1, 0.15) is 30.9 Å². The molecule has 8 heteroatoms. The van der Waals surface area contributed by atoms with Gasteiger partial charge in [-0.3, -0.25) is 9.52 Å². The van der Waals surface area contributed by atoms with E-state index in [1.54, 1.807) is 30.3 Å². The molecule has 0 radical (unpaired) electrons. The van der Waals surface area contributed by atoms with Gasteiger partial charge in [0.25, 0.3) is 10.0 Å². The summed E-state index contributed by atoms with van der Waals surface area (Å²) in [5, 5.41) is 9.55. The van der Waals surface area contributed by atoms with Gasteiger partial charge in [0.15, 0.2) is 0 Å². The third-order valence-electron chi connectivity index (χ3n) is 3.90. The van der Waals surface area contributed by atoms with Crippen LogP contribution in [0, 0.1) is 0 Å². The number of rotatable bonds is 7. The molecule has 0 unspecified atom stereocenters. The van der Waals surface area contributed by atoms with E-state index in [0.29, 0.717) is 16.3 Å². The minimum Gasteiger partial charge on any atom is -0.480 e. The molecule has 140 valence electrons. The monoisotopic (exact) mass is 396 g/mol. The fraction of sp³-hybridized carbons (Fsp3) is 0.278. The number of nitrogens with one attached hydrogen (secondary N) is 1. The lowest BCUT2D eigenvalue weighted by Gasteiger charge is -2.17. The van der Waals surface area contributed by atoms with Crippen LogP contribution in [0.2, 0.25) is 5.02 Å². The van der Waals surface area contributed by atoms with Gasteiger partial charge in [-0.05, 0) is 59.9 Å². The number of carboxylic acids is 1. The number of carboxylic acid groups (broad SMARTS) is 1. The molecular formula is C18H21ClN2O4S. The van der Waals surface area contributed by atoms with E-state index < -0.39 is 22.0 Å². The highest BCUT2D eigenvalue weighted by Gasteiger charge is 2.20. The second kappa shape index (κ2) is 8.07. The minimum atomic E-state index is -3.83. The molecule has 6 nitrogen and oxygen atoms in total. The van der Waals surface area contributed by atoms with Gasteiger partial charge in [-0.1, -0.05) is 31.5 Å². The Morgan fingerprint density at radius 3 is 2.35 bits per heavy atom. The van der Waals surface area contributed by atoms with E-state index in [-0.39, 0.29) is 17.2 Å². The smallest absolute Gasteiger partial charge is 0.320 e. The summed E-state index contributed by atoms with van der Waals surface area (Å²) < 4.78 is 27.8. The maximum absolute atomic E-state index is 12.6. The van der Waals surface area contributed by atoms with Gasteiger partial charge in [0, 0.05) is 10.7 Å². The Balaban J connectivity index is 2.38. The van der Waals surface area contributed by atoms with Crippen LogP contribution >= 0.6 is 11.6 Å². The maximum Gasteiger partial charge on any atom is 0.320 e. The summed E-state index contributed by atoms with van der Waals surface area (Å²) in [5.41, 5.74) is 7.49. The lowest BCUT2D eigenvalue weighted by atomic mass is 9.93. The molecule has 0 aliphatic heterocycles. The van der Waals surface area contributed by atoms with Crippen LogP contribution in [0.5, 0.6) is 0 Å². The molecule has 1 atom stereocenters. The van der Waals surface area contributed by atoms with Crippen molar-refractivity contribution in [2.75, 3.05) is 4.72 Å². The van der Waals surface area contributed by atoms with Crippen LogP contribution in [0.15, 0.2) is 47.4 Å². The predicted molar refractivity (Wildman–Crippen MR) is 102 cm³/mol. The second-order valence-corrected chi connectivity index (χ2v) is 8.40. The van der Waals surface area contributed by atoms with E-state index in [1.165, 1.54) is 12.1 Å². The van der Waals surface area contributed by atoms with Crippen molar-refractivity contribution in [3.63, 3.8) is 0 Å². The molecule has 2 aromatic rings. The van der Waals surface area contributed by atoms with Crippen molar-refractivity contribution in [3.8, 4) is 0 Å². The van der Waals surface area contributed by atoms with Crippen molar-refractivity contribution < 1.29 is 18.3 Å².